The summed E-state index contributed by atoms with van der Waals surface area (Å²) in [5.74, 6) is 0.630. The van der Waals surface area contributed by atoms with Crippen molar-refractivity contribution in [1.82, 2.24) is 5.32 Å². The molecule has 0 aromatic rings. The first-order valence-corrected chi connectivity index (χ1v) is 5.05. The van der Waals surface area contributed by atoms with E-state index in [9.17, 15) is 4.79 Å². The maximum Gasteiger partial charge on any atom is 0.310 e. The molecule has 76 valence electrons. The summed E-state index contributed by atoms with van der Waals surface area (Å²) in [6.07, 6.45) is 0.927. The first-order chi connectivity index (χ1) is 6.15. The van der Waals surface area contributed by atoms with Gasteiger partial charge in [0.05, 0.1) is 12.5 Å². The molecular formula is C10H19NO2. The van der Waals surface area contributed by atoms with Crippen molar-refractivity contribution in [3.63, 3.8) is 0 Å². The van der Waals surface area contributed by atoms with Crippen LogP contribution in [0.1, 0.15) is 27.2 Å². The molecule has 3 heteroatoms. The molecule has 0 amide bonds. The van der Waals surface area contributed by atoms with Gasteiger partial charge in [0.1, 0.15) is 0 Å². The Labute approximate surface area is 79.8 Å². The molecule has 0 spiro atoms. The van der Waals surface area contributed by atoms with E-state index < -0.39 is 0 Å². The van der Waals surface area contributed by atoms with Crippen molar-refractivity contribution in [2.75, 3.05) is 13.2 Å². The lowest BCUT2D eigenvalue weighted by Crippen LogP contribution is -2.26. The summed E-state index contributed by atoms with van der Waals surface area (Å²) in [5, 5.41) is 3.34. The highest BCUT2D eigenvalue weighted by Gasteiger charge is 2.31. The second kappa shape index (κ2) is 4.61. The summed E-state index contributed by atoms with van der Waals surface area (Å²) in [4.78, 5) is 11.4. The normalized spacial score (nSPS) is 28.0. The fraction of sp³-hybridized carbons (Fsp3) is 0.900. The third-order valence-electron chi connectivity index (χ3n) is 2.59. The number of carbonyl (C=O) groups is 1. The number of nitrogens with one attached hydrogen (secondary N) is 1. The fourth-order valence-corrected chi connectivity index (χ4v) is 1.71. The van der Waals surface area contributed by atoms with Crippen molar-refractivity contribution in [2.45, 2.75) is 33.2 Å². The standard InChI is InChI=1S/C10H19NO2/c1-4-13-10(12)8-5-9(7(2)3)11-6-8/h7-9,11H,4-6H2,1-3H3. The van der Waals surface area contributed by atoms with Crippen LogP contribution in [-0.4, -0.2) is 25.2 Å². The average molecular weight is 185 g/mol. The number of hydrogen-bond acceptors (Lipinski definition) is 3. The van der Waals surface area contributed by atoms with Gasteiger partial charge in [-0.1, -0.05) is 13.8 Å². The lowest BCUT2D eigenvalue weighted by molar-refractivity contribution is -0.147. The minimum atomic E-state index is -0.0434. The van der Waals surface area contributed by atoms with Crippen LogP contribution in [-0.2, 0) is 9.53 Å². The van der Waals surface area contributed by atoms with Crippen molar-refractivity contribution in [2.24, 2.45) is 11.8 Å². The molecule has 1 heterocycles. The topological polar surface area (TPSA) is 38.3 Å². The first-order valence-electron chi connectivity index (χ1n) is 5.05. The first kappa shape index (κ1) is 10.5. The van der Waals surface area contributed by atoms with Crippen molar-refractivity contribution in [3.05, 3.63) is 0 Å². The summed E-state index contributed by atoms with van der Waals surface area (Å²) in [6.45, 7) is 7.46. The molecule has 1 saturated heterocycles. The molecule has 1 fully saturated rings. The molecule has 1 aliphatic heterocycles. The second-order valence-electron chi connectivity index (χ2n) is 3.94. The van der Waals surface area contributed by atoms with Crippen molar-refractivity contribution in [1.29, 1.82) is 0 Å². The summed E-state index contributed by atoms with van der Waals surface area (Å²) in [6, 6.07) is 0.481. The van der Waals surface area contributed by atoms with Crippen LogP contribution >= 0.6 is 0 Å². The molecule has 1 aliphatic rings. The van der Waals surface area contributed by atoms with Crippen LogP contribution in [0.5, 0.6) is 0 Å². The van der Waals surface area contributed by atoms with E-state index in [1.165, 1.54) is 0 Å². The Hall–Kier alpha value is -0.570. The molecule has 0 radical (unpaired) electrons. The van der Waals surface area contributed by atoms with E-state index in [1.54, 1.807) is 0 Å². The van der Waals surface area contributed by atoms with Gasteiger partial charge in [0, 0.05) is 12.6 Å². The molecule has 0 bridgehead atoms. The van der Waals surface area contributed by atoms with Gasteiger partial charge in [0.25, 0.3) is 0 Å². The molecule has 2 unspecified atom stereocenters. The molecule has 0 aliphatic carbocycles. The Morgan fingerprint density at radius 3 is 2.77 bits per heavy atom. The maximum absolute atomic E-state index is 11.4. The van der Waals surface area contributed by atoms with Crippen LogP contribution in [0.3, 0.4) is 0 Å². The average Bonchev–Trinajstić information content (AvgIpc) is 2.52. The van der Waals surface area contributed by atoms with Crippen LogP contribution in [0.2, 0.25) is 0 Å². The predicted molar refractivity (Wildman–Crippen MR) is 51.4 cm³/mol. The SMILES string of the molecule is CCOC(=O)C1CNC(C(C)C)C1. The molecule has 3 nitrogen and oxygen atoms in total. The quantitative estimate of drug-likeness (QED) is 0.671. The summed E-state index contributed by atoms with van der Waals surface area (Å²) < 4.78 is 4.97. The molecular weight excluding hydrogens is 166 g/mol. The highest BCUT2D eigenvalue weighted by atomic mass is 16.5. The Bertz CT molecular complexity index is 180. The van der Waals surface area contributed by atoms with E-state index in [4.69, 9.17) is 4.74 Å². The van der Waals surface area contributed by atoms with Crippen LogP contribution < -0.4 is 5.32 Å². The van der Waals surface area contributed by atoms with Crippen molar-refractivity contribution in [3.8, 4) is 0 Å². The zero-order valence-electron chi connectivity index (χ0n) is 8.67. The van der Waals surface area contributed by atoms with E-state index in [1.807, 2.05) is 6.92 Å². The molecule has 13 heavy (non-hydrogen) atoms. The molecule has 0 saturated carbocycles. The summed E-state index contributed by atoms with van der Waals surface area (Å²) >= 11 is 0. The van der Waals surface area contributed by atoms with Crippen LogP contribution in [0.4, 0.5) is 0 Å². The van der Waals surface area contributed by atoms with Crippen molar-refractivity contribution < 1.29 is 9.53 Å². The van der Waals surface area contributed by atoms with Gasteiger partial charge in [0.15, 0.2) is 0 Å². The Morgan fingerprint density at radius 1 is 1.62 bits per heavy atom. The van der Waals surface area contributed by atoms with Gasteiger partial charge in [0.2, 0.25) is 0 Å². The van der Waals surface area contributed by atoms with Crippen LogP contribution in [0.15, 0.2) is 0 Å². The highest BCUT2D eigenvalue weighted by molar-refractivity contribution is 5.73. The van der Waals surface area contributed by atoms with E-state index in [0.717, 1.165) is 13.0 Å². The predicted octanol–water partition coefficient (Wildman–Crippen LogP) is 1.18. The minimum Gasteiger partial charge on any atom is -0.466 e. The Morgan fingerprint density at radius 2 is 2.31 bits per heavy atom. The zero-order chi connectivity index (χ0) is 9.84. The number of esters is 1. The third-order valence-corrected chi connectivity index (χ3v) is 2.59. The third kappa shape index (κ3) is 2.69. The molecule has 0 aromatic heterocycles. The zero-order valence-corrected chi connectivity index (χ0v) is 8.67. The summed E-state index contributed by atoms with van der Waals surface area (Å²) in [5.41, 5.74) is 0. The van der Waals surface area contributed by atoms with Crippen molar-refractivity contribution >= 4 is 5.97 Å². The van der Waals surface area contributed by atoms with Gasteiger partial charge < -0.3 is 10.1 Å². The number of rotatable bonds is 3. The largest absolute Gasteiger partial charge is 0.466 e. The number of ether oxygens (including phenoxy) is 1. The smallest absolute Gasteiger partial charge is 0.310 e. The Kier molecular flexibility index (Phi) is 3.72. The highest BCUT2D eigenvalue weighted by Crippen LogP contribution is 2.20. The van der Waals surface area contributed by atoms with Gasteiger partial charge in [-0.25, -0.2) is 0 Å². The lowest BCUT2D eigenvalue weighted by Gasteiger charge is -2.13. The van der Waals surface area contributed by atoms with E-state index in [-0.39, 0.29) is 11.9 Å². The van der Waals surface area contributed by atoms with Gasteiger partial charge in [-0.3, -0.25) is 4.79 Å². The van der Waals surface area contributed by atoms with Gasteiger partial charge >= 0.3 is 5.97 Å². The number of carbonyl (C=O) groups excluding carboxylic acids is 1. The Balaban J connectivity index is 2.36. The lowest BCUT2D eigenvalue weighted by atomic mass is 9.98. The molecule has 1 rings (SSSR count). The van der Waals surface area contributed by atoms with E-state index in [0.29, 0.717) is 18.6 Å². The molecule has 1 N–H and O–H groups in total. The monoisotopic (exact) mass is 185 g/mol. The van der Waals surface area contributed by atoms with Crippen LogP contribution in [0, 0.1) is 11.8 Å². The van der Waals surface area contributed by atoms with Gasteiger partial charge in [-0.05, 0) is 19.3 Å². The fourth-order valence-electron chi connectivity index (χ4n) is 1.71. The van der Waals surface area contributed by atoms with E-state index in [2.05, 4.69) is 19.2 Å². The molecule has 0 aromatic carbocycles. The van der Waals surface area contributed by atoms with E-state index >= 15 is 0 Å². The van der Waals surface area contributed by atoms with Gasteiger partial charge in [-0.15, -0.1) is 0 Å². The number of hydrogen-bond donors (Lipinski definition) is 1. The maximum atomic E-state index is 11.4. The molecule has 2 atom stereocenters. The minimum absolute atomic E-state index is 0.0434. The second-order valence-corrected chi connectivity index (χ2v) is 3.94. The van der Waals surface area contributed by atoms with Gasteiger partial charge in [-0.2, -0.15) is 0 Å². The van der Waals surface area contributed by atoms with Crippen LogP contribution in [0.25, 0.3) is 0 Å². The summed E-state index contributed by atoms with van der Waals surface area (Å²) in [7, 11) is 0.